The Morgan fingerprint density at radius 3 is 2.58 bits per heavy atom. The van der Waals surface area contributed by atoms with E-state index < -0.39 is 0 Å². The summed E-state index contributed by atoms with van der Waals surface area (Å²) < 4.78 is 18.0. The van der Waals surface area contributed by atoms with Crippen LogP contribution in [0.1, 0.15) is 44.1 Å². The van der Waals surface area contributed by atoms with E-state index in [4.69, 9.17) is 4.74 Å². The topological polar surface area (TPSA) is 21.3 Å². The molecule has 0 fully saturated rings. The van der Waals surface area contributed by atoms with Crippen LogP contribution in [0.4, 0.5) is 4.39 Å². The first-order valence-corrected chi connectivity index (χ1v) is 7.23. The third-order valence-corrected chi connectivity index (χ3v) is 3.37. The van der Waals surface area contributed by atoms with Crippen LogP contribution in [0.15, 0.2) is 24.3 Å². The van der Waals surface area contributed by atoms with Gasteiger partial charge in [-0.05, 0) is 30.0 Å². The lowest BCUT2D eigenvalue weighted by molar-refractivity contribution is 0.198. The third-order valence-electron chi connectivity index (χ3n) is 3.37. The Kier molecular flexibility index (Phi) is 8.43. The molecule has 3 heteroatoms. The molecule has 1 aromatic carbocycles. The largest absolute Gasteiger partial charge is 0.383 e. The van der Waals surface area contributed by atoms with Crippen molar-refractivity contribution in [1.29, 1.82) is 0 Å². The number of halogens is 1. The Labute approximate surface area is 116 Å². The molecule has 1 aromatic rings. The van der Waals surface area contributed by atoms with Crippen molar-refractivity contribution in [3.05, 3.63) is 35.6 Å². The van der Waals surface area contributed by atoms with E-state index in [9.17, 15) is 4.39 Å². The van der Waals surface area contributed by atoms with E-state index in [1.807, 2.05) is 12.1 Å². The Morgan fingerprint density at radius 1 is 1.21 bits per heavy atom. The standard InChI is InChI=1S/C16H26FNO/c1-3-4-5-6-15(13-18-11-12-19-2)14-7-9-16(17)10-8-14/h7-10,15,18H,3-6,11-13H2,1-2H3. The van der Waals surface area contributed by atoms with E-state index in [-0.39, 0.29) is 5.82 Å². The van der Waals surface area contributed by atoms with E-state index >= 15 is 0 Å². The lowest BCUT2D eigenvalue weighted by Gasteiger charge is -2.18. The molecular weight excluding hydrogens is 241 g/mol. The summed E-state index contributed by atoms with van der Waals surface area (Å²) in [5.41, 5.74) is 1.22. The summed E-state index contributed by atoms with van der Waals surface area (Å²) >= 11 is 0. The zero-order chi connectivity index (χ0) is 13.9. The summed E-state index contributed by atoms with van der Waals surface area (Å²) in [4.78, 5) is 0. The van der Waals surface area contributed by atoms with Gasteiger partial charge in [0.15, 0.2) is 0 Å². The van der Waals surface area contributed by atoms with Crippen molar-refractivity contribution >= 4 is 0 Å². The molecule has 1 rings (SSSR count). The predicted molar refractivity (Wildman–Crippen MR) is 78.0 cm³/mol. The lowest BCUT2D eigenvalue weighted by atomic mass is 9.93. The number of hydrogen-bond donors (Lipinski definition) is 1. The normalized spacial score (nSPS) is 12.6. The minimum Gasteiger partial charge on any atom is -0.383 e. The molecule has 0 radical (unpaired) electrons. The molecule has 19 heavy (non-hydrogen) atoms. The molecule has 0 aromatic heterocycles. The van der Waals surface area contributed by atoms with Gasteiger partial charge in [-0.3, -0.25) is 0 Å². The third kappa shape index (κ3) is 6.69. The molecule has 2 nitrogen and oxygen atoms in total. The molecule has 0 aliphatic heterocycles. The lowest BCUT2D eigenvalue weighted by Crippen LogP contribution is -2.25. The molecule has 108 valence electrons. The van der Waals surface area contributed by atoms with Gasteiger partial charge in [0.1, 0.15) is 5.82 Å². The quantitative estimate of drug-likeness (QED) is 0.652. The number of benzene rings is 1. The van der Waals surface area contributed by atoms with Gasteiger partial charge in [-0.1, -0.05) is 38.3 Å². The van der Waals surface area contributed by atoms with Gasteiger partial charge < -0.3 is 10.1 Å². The number of rotatable bonds is 10. The van der Waals surface area contributed by atoms with Gasteiger partial charge in [0.2, 0.25) is 0 Å². The Morgan fingerprint density at radius 2 is 1.95 bits per heavy atom. The van der Waals surface area contributed by atoms with Crippen LogP contribution in [-0.4, -0.2) is 26.8 Å². The van der Waals surface area contributed by atoms with E-state index in [1.54, 1.807) is 19.2 Å². The van der Waals surface area contributed by atoms with Crippen LogP contribution >= 0.6 is 0 Å². The molecule has 0 spiro atoms. The molecule has 0 amide bonds. The minimum atomic E-state index is -0.164. The van der Waals surface area contributed by atoms with Crippen molar-refractivity contribution in [2.24, 2.45) is 0 Å². The number of methoxy groups -OCH3 is 1. The summed E-state index contributed by atoms with van der Waals surface area (Å²) in [6, 6.07) is 6.92. The molecule has 1 N–H and O–H groups in total. The summed E-state index contributed by atoms with van der Waals surface area (Å²) in [6.07, 6.45) is 4.87. The minimum absolute atomic E-state index is 0.164. The van der Waals surface area contributed by atoms with Crippen molar-refractivity contribution in [2.45, 2.75) is 38.5 Å². The average Bonchev–Trinajstić information content (AvgIpc) is 2.43. The highest BCUT2D eigenvalue weighted by molar-refractivity contribution is 5.20. The van der Waals surface area contributed by atoms with Crippen LogP contribution in [0.5, 0.6) is 0 Å². The first-order chi connectivity index (χ1) is 9.27. The van der Waals surface area contributed by atoms with E-state index in [0.29, 0.717) is 5.92 Å². The molecular formula is C16H26FNO. The number of ether oxygens (including phenoxy) is 1. The first kappa shape index (κ1) is 16.1. The molecule has 0 saturated heterocycles. The van der Waals surface area contributed by atoms with Gasteiger partial charge in [0.25, 0.3) is 0 Å². The van der Waals surface area contributed by atoms with Crippen LogP contribution < -0.4 is 5.32 Å². The second-order valence-corrected chi connectivity index (χ2v) is 4.94. The molecule has 0 bridgehead atoms. The van der Waals surface area contributed by atoms with Crippen molar-refractivity contribution < 1.29 is 9.13 Å². The van der Waals surface area contributed by atoms with Crippen LogP contribution in [0.2, 0.25) is 0 Å². The Balaban J connectivity index is 2.49. The Bertz CT molecular complexity index is 326. The van der Waals surface area contributed by atoms with Crippen molar-refractivity contribution in [3.8, 4) is 0 Å². The second kappa shape index (κ2) is 9.93. The molecule has 0 aliphatic carbocycles. The maximum absolute atomic E-state index is 13.0. The van der Waals surface area contributed by atoms with Gasteiger partial charge in [-0.15, -0.1) is 0 Å². The maximum Gasteiger partial charge on any atom is 0.123 e. The SMILES string of the molecule is CCCCCC(CNCCOC)c1ccc(F)cc1. The van der Waals surface area contributed by atoms with Gasteiger partial charge in [0.05, 0.1) is 6.61 Å². The summed E-state index contributed by atoms with van der Waals surface area (Å²) in [5, 5.41) is 3.41. The summed E-state index contributed by atoms with van der Waals surface area (Å²) in [6.45, 7) is 4.73. The van der Waals surface area contributed by atoms with Gasteiger partial charge in [-0.2, -0.15) is 0 Å². The fourth-order valence-electron chi connectivity index (χ4n) is 2.21. The molecule has 0 saturated carbocycles. The van der Waals surface area contributed by atoms with E-state index in [2.05, 4.69) is 12.2 Å². The highest BCUT2D eigenvalue weighted by Crippen LogP contribution is 2.22. The monoisotopic (exact) mass is 267 g/mol. The fourth-order valence-corrected chi connectivity index (χ4v) is 2.21. The van der Waals surface area contributed by atoms with Crippen LogP contribution in [-0.2, 0) is 4.74 Å². The Hall–Kier alpha value is -0.930. The number of unbranched alkanes of at least 4 members (excludes halogenated alkanes) is 2. The number of nitrogens with one attached hydrogen (secondary N) is 1. The highest BCUT2D eigenvalue weighted by atomic mass is 19.1. The predicted octanol–water partition coefficient (Wildman–Crippen LogP) is 3.73. The number of hydrogen-bond acceptors (Lipinski definition) is 2. The van der Waals surface area contributed by atoms with Crippen molar-refractivity contribution in [3.63, 3.8) is 0 Å². The van der Waals surface area contributed by atoms with Crippen molar-refractivity contribution in [1.82, 2.24) is 5.32 Å². The van der Waals surface area contributed by atoms with Gasteiger partial charge in [0, 0.05) is 20.2 Å². The fraction of sp³-hybridized carbons (Fsp3) is 0.625. The molecule has 0 aliphatic rings. The van der Waals surface area contributed by atoms with Gasteiger partial charge >= 0.3 is 0 Å². The smallest absolute Gasteiger partial charge is 0.123 e. The zero-order valence-corrected chi connectivity index (χ0v) is 12.1. The van der Waals surface area contributed by atoms with Crippen LogP contribution in [0, 0.1) is 5.82 Å². The maximum atomic E-state index is 13.0. The summed E-state index contributed by atoms with van der Waals surface area (Å²) in [7, 11) is 1.71. The zero-order valence-electron chi connectivity index (χ0n) is 12.1. The molecule has 1 atom stereocenters. The molecule has 1 unspecified atom stereocenters. The summed E-state index contributed by atoms with van der Waals surface area (Å²) in [5.74, 6) is 0.299. The average molecular weight is 267 g/mol. The van der Waals surface area contributed by atoms with Crippen LogP contribution in [0.3, 0.4) is 0 Å². The van der Waals surface area contributed by atoms with Crippen LogP contribution in [0.25, 0.3) is 0 Å². The first-order valence-electron chi connectivity index (χ1n) is 7.23. The van der Waals surface area contributed by atoms with E-state index in [1.165, 1.54) is 24.8 Å². The highest BCUT2D eigenvalue weighted by Gasteiger charge is 2.11. The van der Waals surface area contributed by atoms with E-state index in [0.717, 1.165) is 26.1 Å². The van der Waals surface area contributed by atoms with Gasteiger partial charge in [-0.25, -0.2) is 4.39 Å². The second-order valence-electron chi connectivity index (χ2n) is 4.94. The van der Waals surface area contributed by atoms with Crippen molar-refractivity contribution in [2.75, 3.05) is 26.8 Å². The molecule has 0 heterocycles.